The molecule has 1 aromatic heterocycles. The number of para-hydroxylation sites is 2. The minimum absolute atomic E-state index is 0.183. The lowest BCUT2D eigenvalue weighted by Gasteiger charge is -2.15. The van der Waals surface area contributed by atoms with E-state index in [1.165, 1.54) is 0 Å². The number of hydrogen-bond acceptors (Lipinski definition) is 6. The van der Waals surface area contributed by atoms with Crippen molar-refractivity contribution in [1.29, 1.82) is 0 Å². The second kappa shape index (κ2) is 8.22. The summed E-state index contributed by atoms with van der Waals surface area (Å²) in [6, 6.07) is 13.8. The van der Waals surface area contributed by atoms with E-state index in [-0.39, 0.29) is 6.10 Å². The molecule has 6 nitrogen and oxygen atoms in total. The maximum atomic E-state index is 5.89. The van der Waals surface area contributed by atoms with Crippen molar-refractivity contribution >= 4 is 16.9 Å². The van der Waals surface area contributed by atoms with Crippen molar-refractivity contribution in [2.45, 2.75) is 25.5 Å². The van der Waals surface area contributed by atoms with E-state index in [9.17, 15) is 0 Å². The fourth-order valence-corrected chi connectivity index (χ4v) is 3.13. The summed E-state index contributed by atoms with van der Waals surface area (Å²) >= 11 is 0. The van der Waals surface area contributed by atoms with Crippen LogP contribution in [0.3, 0.4) is 0 Å². The minimum Gasteiger partial charge on any atom is -0.493 e. The van der Waals surface area contributed by atoms with Crippen LogP contribution in [-0.2, 0) is 11.3 Å². The number of ether oxygens (including phenoxy) is 3. The molecule has 0 aliphatic carbocycles. The van der Waals surface area contributed by atoms with Crippen molar-refractivity contribution in [3.05, 3.63) is 54.2 Å². The molecule has 1 atom stereocenters. The number of fused-ring (bicyclic) bond motifs is 1. The van der Waals surface area contributed by atoms with Crippen LogP contribution in [0.1, 0.15) is 18.4 Å². The van der Waals surface area contributed by atoms with E-state index in [2.05, 4.69) is 15.3 Å². The number of hydrogen-bond donors (Lipinski definition) is 1. The zero-order valence-corrected chi connectivity index (χ0v) is 15.4. The van der Waals surface area contributed by atoms with Gasteiger partial charge in [-0.25, -0.2) is 4.98 Å². The molecule has 2 heterocycles. The van der Waals surface area contributed by atoms with Gasteiger partial charge in [-0.1, -0.05) is 18.2 Å². The summed E-state index contributed by atoms with van der Waals surface area (Å²) in [4.78, 5) is 9.00. The van der Waals surface area contributed by atoms with E-state index in [1.54, 1.807) is 13.3 Å². The van der Waals surface area contributed by atoms with E-state index in [4.69, 9.17) is 14.2 Å². The number of aromatic nitrogens is 2. The van der Waals surface area contributed by atoms with E-state index in [0.29, 0.717) is 13.2 Å². The van der Waals surface area contributed by atoms with Gasteiger partial charge in [0.15, 0.2) is 11.5 Å². The molecule has 0 bridgehead atoms. The topological polar surface area (TPSA) is 65.5 Å². The van der Waals surface area contributed by atoms with Gasteiger partial charge in [-0.15, -0.1) is 0 Å². The number of rotatable bonds is 7. The Kier molecular flexibility index (Phi) is 5.34. The van der Waals surface area contributed by atoms with E-state index in [0.717, 1.165) is 53.4 Å². The molecule has 1 aliphatic heterocycles. The van der Waals surface area contributed by atoms with Gasteiger partial charge in [0.05, 0.1) is 30.4 Å². The van der Waals surface area contributed by atoms with Gasteiger partial charge < -0.3 is 19.5 Å². The molecule has 3 aromatic rings. The lowest BCUT2D eigenvalue weighted by atomic mass is 10.2. The van der Waals surface area contributed by atoms with Crippen LogP contribution in [0.5, 0.6) is 11.5 Å². The Labute approximate surface area is 158 Å². The molecule has 1 aliphatic rings. The smallest absolute Gasteiger partial charge is 0.161 e. The summed E-state index contributed by atoms with van der Waals surface area (Å²) in [5.74, 6) is 2.20. The largest absolute Gasteiger partial charge is 0.493 e. The van der Waals surface area contributed by atoms with Gasteiger partial charge in [0, 0.05) is 13.2 Å². The van der Waals surface area contributed by atoms with Gasteiger partial charge in [-0.3, -0.25) is 4.98 Å². The van der Waals surface area contributed by atoms with Crippen LogP contribution >= 0.6 is 0 Å². The number of nitrogens with zero attached hydrogens (tertiary/aromatic N) is 2. The number of nitrogens with one attached hydrogen (secondary N) is 1. The Bertz CT molecular complexity index is 910. The summed E-state index contributed by atoms with van der Waals surface area (Å²) in [6.07, 6.45) is 4.09. The summed E-state index contributed by atoms with van der Waals surface area (Å²) < 4.78 is 17.0. The second-order valence-electron chi connectivity index (χ2n) is 6.53. The third-order valence-electron chi connectivity index (χ3n) is 4.60. The van der Waals surface area contributed by atoms with Crippen LogP contribution in [0.25, 0.3) is 11.0 Å². The van der Waals surface area contributed by atoms with Crippen LogP contribution in [0.4, 0.5) is 5.82 Å². The first-order valence-electron chi connectivity index (χ1n) is 9.19. The highest BCUT2D eigenvalue weighted by molar-refractivity contribution is 5.75. The number of benzene rings is 2. The van der Waals surface area contributed by atoms with Crippen LogP contribution < -0.4 is 14.8 Å². The summed E-state index contributed by atoms with van der Waals surface area (Å²) in [7, 11) is 1.65. The van der Waals surface area contributed by atoms with Gasteiger partial charge in [0.1, 0.15) is 12.4 Å². The van der Waals surface area contributed by atoms with Crippen molar-refractivity contribution in [1.82, 2.24) is 9.97 Å². The standard InChI is InChI=1S/C21H23N3O3/c1-25-20-11-15(8-9-19(20)27-14-16-5-4-10-26-16)12-23-21-13-22-17-6-2-3-7-18(17)24-21/h2-3,6-9,11,13,16H,4-5,10,12,14H2,1H3,(H,23,24). The monoisotopic (exact) mass is 365 g/mol. The zero-order valence-electron chi connectivity index (χ0n) is 15.4. The molecule has 0 spiro atoms. The molecule has 2 aromatic carbocycles. The van der Waals surface area contributed by atoms with Gasteiger partial charge in [-0.05, 0) is 42.7 Å². The molecule has 0 amide bonds. The summed E-state index contributed by atoms with van der Waals surface area (Å²) in [5.41, 5.74) is 2.83. The molecule has 0 saturated carbocycles. The molecule has 1 fully saturated rings. The Balaban J connectivity index is 1.40. The molecule has 1 N–H and O–H groups in total. The molecule has 1 unspecified atom stereocenters. The highest BCUT2D eigenvalue weighted by atomic mass is 16.5. The average molecular weight is 365 g/mol. The Morgan fingerprint density at radius 1 is 1.15 bits per heavy atom. The highest BCUT2D eigenvalue weighted by Gasteiger charge is 2.17. The van der Waals surface area contributed by atoms with E-state index >= 15 is 0 Å². The van der Waals surface area contributed by atoms with Gasteiger partial charge in [0.25, 0.3) is 0 Å². The van der Waals surface area contributed by atoms with E-state index < -0.39 is 0 Å². The van der Waals surface area contributed by atoms with Crippen molar-refractivity contribution in [3.8, 4) is 11.5 Å². The maximum Gasteiger partial charge on any atom is 0.161 e. The van der Waals surface area contributed by atoms with Crippen LogP contribution in [0, 0.1) is 0 Å². The Morgan fingerprint density at radius 2 is 2.04 bits per heavy atom. The SMILES string of the molecule is COc1cc(CNc2cnc3ccccc3n2)ccc1OCC1CCCO1. The maximum absolute atomic E-state index is 5.89. The minimum atomic E-state index is 0.183. The first-order valence-corrected chi connectivity index (χ1v) is 9.19. The van der Waals surface area contributed by atoms with Crippen molar-refractivity contribution in [2.24, 2.45) is 0 Å². The van der Waals surface area contributed by atoms with Crippen LogP contribution in [0.15, 0.2) is 48.7 Å². The quantitative estimate of drug-likeness (QED) is 0.687. The lowest BCUT2D eigenvalue weighted by Crippen LogP contribution is -2.16. The van der Waals surface area contributed by atoms with E-state index in [1.807, 2.05) is 42.5 Å². The first-order chi connectivity index (χ1) is 13.3. The molecule has 6 heteroatoms. The Morgan fingerprint density at radius 3 is 2.85 bits per heavy atom. The van der Waals surface area contributed by atoms with Gasteiger partial charge in [-0.2, -0.15) is 0 Å². The Hall–Kier alpha value is -2.86. The van der Waals surface area contributed by atoms with Crippen LogP contribution in [0.2, 0.25) is 0 Å². The highest BCUT2D eigenvalue weighted by Crippen LogP contribution is 2.29. The van der Waals surface area contributed by atoms with Crippen molar-refractivity contribution in [3.63, 3.8) is 0 Å². The molecular formula is C21H23N3O3. The van der Waals surface area contributed by atoms with Crippen molar-refractivity contribution < 1.29 is 14.2 Å². The van der Waals surface area contributed by atoms with Gasteiger partial charge >= 0.3 is 0 Å². The fourth-order valence-electron chi connectivity index (χ4n) is 3.13. The van der Waals surface area contributed by atoms with Crippen LogP contribution in [-0.4, -0.2) is 36.4 Å². The number of methoxy groups -OCH3 is 1. The normalized spacial score (nSPS) is 16.4. The molecule has 1 saturated heterocycles. The predicted molar refractivity (Wildman–Crippen MR) is 104 cm³/mol. The van der Waals surface area contributed by atoms with Gasteiger partial charge in [0.2, 0.25) is 0 Å². The molecular weight excluding hydrogens is 342 g/mol. The molecule has 140 valence electrons. The summed E-state index contributed by atoms with van der Waals surface area (Å²) in [5, 5.41) is 3.31. The molecule has 27 heavy (non-hydrogen) atoms. The predicted octanol–water partition coefficient (Wildman–Crippen LogP) is 3.81. The average Bonchev–Trinajstić information content (AvgIpc) is 3.24. The summed E-state index contributed by atoms with van der Waals surface area (Å²) in [6.45, 7) is 2.00. The zero-order chi connectivity index (χ0) is 18.5. The number of anilines is 1. The third-order valence-corrected chi connectivity index (χ3v) is 4.60. The fraction of sp³-hybridized carbons (Fsp3) is 0.333. The molecule has 4 rings (SSSR count). The third kappa shape index (κ3) is 4.28. The first kappa shape index (κ1) is 17.5. The molecule has 0 radical (unpaired) electrons. The lowest BCUT2D eigenvalue weighted by molar-refractivity contribution is 0.0669. The second-order valence-corrected chi connectivity index (χ2v) is 6.53. The van der Waals surface area contributed by atoms with Crippen molar-refractivity contribution in [2.75, 3.05) is 25.6 Å².